The molecule has 2 N–H and O–H groups in total. The maximum atomic E-state index is 11.9. The Balaban J connectivity index is 2.21. The van der Waals surface area contributed by atoms with Gasteiger partial charge in [-0.15, -0.1) is 0 Å². The van der Waals surface area contributed by atoms with Crippen LogP contribution in [-0.4, -0.2) is 50.8 Å². The normalized spacial score (nSPS) is 11.1. The first kappa shape index (κ1) is 22.0. The van der Waals surface area contributed by atoms with Crippen LogP contribution >= 0.6 is 0 Å². The lowest BCUT2D eigenvalue weighted by Crippen LogP contribution is -2.36. The molecule has 0 aromatic heterocycles. The fourth-order valence-electron chi connectivity index (χ4n) is 1.70. The molecule has 1 aromatic rings. The van der Waals surface area contributed by atoms with Gasteiger partial charge in [0.2, 0.25) is 5.91 Å². The SMILES string of the molecule is COc1ccc(/C=C/C(=O)NCCC(=O)OCC(=O)NCC(F)(F)F)cc1. The first-order chi connectivity index (χ1) is 12.7. The van der Waals surface area contributed by atoms with E-state index in [9.17, 15) is 27.6 Å². The Morgan fingerprint density at radius 1 is 1.11 bits per heavy atom. The van der Waals surface area contributed by atoms with E-state index in [1.54, 1.807) is 35.7 Å². The Labute approximate surface area is 153 Å². The lowest BCUT2D eigenvalue weighted by molar-refractivity contribution is -0.151. The quantitative estimate of drug-likeness (QED) is 0.493. The van der Waals surface area contributed by atoms with Gasteiger partial charge in [0.1, 0.15) is 12.3 Å². The zero-order chi connectivity index (χ0) is 20.3. The van der Waals surface area contributed by atoms with Gasteiger partial charge < -0.3 is 20.1 Å². The van der Waals surface area contributed by atoms with E-state index in [1.807, 2.05) is 0 Å². The predicted octanol–water partition coefficient (Wildman–Crippen LogP) is 1.44. The zero-order valence-electron chi connectivity index (χ0n) is 14.5. The van der Waals surface area contributed by atoms with Gasteiger partial charge in [-0.1, -0.05) is 12.1 Å². The summed E-state index contributed by atoms with van der Waals surface area (Å²) >= 11 is 0. The lowest BCUT2D eigenvalue weighted by Gasteiger charge is -2.08. The number of hydrogen-bond donors (Lipinski definition) is 2. The number of benzene rings is 1. The van der Waals surface area contributed by atoms with Crippen LogP contribution < -0.4 is 15.4 Å². The minimum absolute atomic E-state index is 0.0468. The van der Waals surface area contributed by atoms with Gasteiger partial charge in [0.25, 0.3) is 5.91 Å². The highest BCUT2D eigenvalue weighted by molar-refractivity contribution is 5.92. The van der Waals surface area contributed by atoms with Crippen molar-refractivity contribution in [2.45, 2.75) is 12.6 Å². The summed E-state index contributed by atoms with van der Waals surface area (Å²) in [4.78, 5) is 34.0. The summed E-state index contributed by atoms with van der Waals surface area (Å²) in [5.74, 6) is -1.65. The van der Waals surface area contributed by atoms with Crippen molar-refractivity contribution >= 4 is 23.9 Å². The topological polar surface area (TPSA) is 93.7 Å². The molecule has 7 nitrogen and oxygen atoms in total. The summed E-state index contributed by atoms with van der Waals surface area (Å²) in [6.07, 6.45) is -1.92. The third kappa shape index (κ3) is 10.5. The molecule has 0 fully saturated rings. The van der Waals surface area contributed by atoms with Gasteiger partial charge in [0.15, 0.2) is 6.61 Å². The number of amides is 2. The van der Waals surface area contributed by atoms with Crippen molar-refractivity contribution in [2.24, 2.45) is 0 Å². The van der Waals surface area contributed by atoms with Crippen molar-refractivity contribution in [3.63, 3.8) is 0 Å². The highest BCUT2D eigenvalue weighted by Crippen LogP contribution is 2.12. The summed E-state index contributed by atoms with van der Waals surface area (Å²) in [7, 11) is 1.54. The van der Waals surface area contributed by atoms with Crippen LogP contribution in [0.5, 0.6) is 5.75 Å². The number of halogens is 3. The minimum atomic E-state index is -4.54. The van der Waals surface area contributed by atoms with Crippen molar-refractivity contribution in [1.29, 1.82) is 0 Å². The Morgan fingerprint density at radius 2 is 1.78 bits per heavy atom. The number of esters is 1. The number of ether oxygens (including phenoxy) is 2. The Hall–Kier alpha value is -3.04. The van der Waals surface area contributed by atoms with Crippen molar-refractivity contribution in [2.75, 3.05) is 26.8 Å². The van der Waals surface area contributed by atoms with Crippen LogP contribution in [0.4, 0.5) is 13.2 Å². The van der Waals surface area contributed by atoms with E-state index in [-0.39, 0.29) is 13.0 Å². The minimum Gasteiger partial charge on any atom is -0.497 e. The van der Waals surface area contributed by atoms with E-state index in [4.69, 9.17) is 4.74 Å². The number of carbonyl (C=O) groups is 3. The summed E-state index contributed by atoms with van der Waals surface area (Å²) in [5.41, 5.74) is 0.773. The monoisotopic (exact) mass is 388 g/mol. The molecule has 0 aliphatic heterocycles. The van der Waals surface area contributed by atoms with Gasteiger partial charge in [-0.2, -0.15) is 13.2 Å². The molecule has 0 saturated heterocycles. The molecule has 148 valence electrons. The van der Waals surface area contributed by atoms with E-state index in [1.165, 1.54) is 13.2 Å². The maximum Gasteiger partial charge on any atom is 0.405 e. The summed E-state index contributed by atoms with van der Waals surface area (Å²) in [5, 5.41) is 4.00. The van der Waals surface area contributed by atoms with Crippen LogP contribution in [0.1, 0.15) is 12.0 Å². The number of hydrogen-bond acceptors (Lipinski definition) is 5. The first-order valence-electron chi connectivity index (χ1n) is 7.78. The smallest absolute Gasteiger partial charge is 0.405 e. The number of methoxy groups -OCH3 is 1. The fraction of sp³-hybridized carbons (Fsp3) is 0.353. The molecule has 0 radical (unpaired) electrons. The van der Waals surface area contributed by atoms with Crippen LogP contribution in [0.25, 0.3) is 6.08 Å². The van der Waals surface area contributed by atoms with Gasteiger partial charge in [0, 0.05) is 12.6 Å². The Bertz CT molecular complexity index is 672. The fourth-order valence-corrected chi connectivity index (χ4v) is 1.70. The summed E-state index contributed by atoms with van der Waals surface area (Å²) in [6, 6.07) is 6.98. The van der Waals surface area contributed by atoms with Crippen molar-refractivity contribution in [3.8, 4) is 5.75 Å². The van der Waals surface area contributed by atoms with E-state index in [0.717, 1.165) is 5.56 Å². The van der Waals surface area contributed by atoms with E-state index in [0.29, 0.717) is 5.75 Å². The second-order valence-corrected chi connectivity index (χ2v) is 5.20. The highest BCUT2D eigenvalue weighted by Gasteiger charge is 2.27. The molecule has 0 saturated carbocycles. The van der Waals surface area contributed by atoms with E-state index >= 15 is 0 Å². The average Bonchev–Trinajstić information content (AvgIpc) is 2.62. The van der Waals surface area contributed by atoms with Gasteiger partial charge in [0.05, 0.1) is 13.5 Å². The van der Waals surface area contributed by atoms with Crippen molar-refractivity contribution in [3.05, 3.63) is 35.9 Å². The number of nitrogens with one attached hydrogen (secondary N) is 2. The molecule has 0 heterocycles. The van der Waals surface area contributed by atoms with Crippen LogP contribution in [0.3, 0.4) is 0 Å². The van der Waals surface area contributed by atoms with Crippen molar-refractivity contribution < 1.29 is 37.0 Å². The second-order valence-electron chi connectivity index (χ2n) is 5.20. The standard InChI is InChI=1S/C17H19F3N2O5/c1-26-13-5-2-12(3-6-13)4-7-14(23)21-9-8-16(25)27-10-15(24)22-11-17(18,19)20/h2-7H,8-11H2,1H3,(H,21,23)(H,22,24)/b7-4+. The first-order valence-corrected chi connectivity index (χ1v) is 7.78. The molecule has 0 atom stereocenters. The van der Waals surface area contributed by atoms with E-state index < -0.39 is 37.1 Å². The van der Waals surface area contributed by atoms with Gasteiger partial charge >= 0.3 is 12.1 Å². The molecule has 1 rings (SSSR count). The maximum absolute atomic E-state index is 11.9. The molecule has 2 amide bonds. The Morgan fingerprint density at radius 3 is 2.37 bits per heavy atom. The van der Waals surface area contributed by atoms with Crippen molar-refractivity contribution in [1.82, 2.24) is 10.6 Å². The van der Waals surface area contributed by atoms with E-state index in [2.05, 4.69) is 10.1 Å². The predicted molar refractivity (Wildman–Crippen MR) is 89.7 cm³/mol. The van der Waals surface area contributed by atoms with Gasteiger partial charge in [-0.25, -0.2) is 0 Å². The number of alkyl halides is 3. The Kier molecular flexibility index (Phi) is 8.83. The third-order valence-corrected chi connectivity index (χ3v) is 3.02. The largest absolute Gasteiger partial charge is 0.497 e. The molecule has 0 spiro atoms. The van der Waals surface area contributed by atoms with Gasteiger partial charge in [-0.3, -0.25) is 14.4 Å². The lowest BCUT2D eigenvalue weighted by atomic mass is 10.2. The van der Waals surface area contributed by atoms with Gasteiger partial charge in [-0.05, 0) is 23.8 Å². The van der Waals surface area contributed by atoms with Crippen LogP contribution in [0.15, 0.2) is 30.3 Å². The third-order valence-electron chi connectivity index (χ3n) is 3.02. The number of carbonyl (C=O) groups excluding carboxylic acids is 3. The molecule has 10 heteroatoms. The molecule has 1 aromatic carbocycles. The molecule has 27 heavy (non-hydrogen) atoms. The second kappa shape index (κ2) is 10.8. The van der Waals surface area contributed by atoms with Crippen LogP contribution in [0, 0.1) is 0 Å². The molecular weight excluding hydrogens is 369 g/mol. The molecular formula is C17H19F3N2O5. The number of rotatable bonds is 9. The molecule has 0 bridgehead atoms. The summed E-state index contributed by atoms with van der Waals surface area (Å²) < 4.78 is 45.2. The molecule has 0 unspecified atom stereocenters. The molecule has 0 aliphatic carbocycles. The van der Waals surface area contributed by atoms with Crippen LogP contribution in [0.2, 0.25) is 0 Å². The molecule has 0 aliphatic rings. The average molecular weight is 388 g/mol. The van der Waals surface area contributed by atoms with Crippen LogP contribution in [-0.2, 0) is 19.1 Å². The highest BCUT2D eigenvalue weighted by atomic mass is 19.4. The summed E-state index contributed by atoms with van der Waals surface area (Å²) in [6.45, 7) is -2.37. The zero-order valence-corrected chi connectivity index (χ0v) is 14.5.